The molecule has 1 N–H and O–H groups in total. The van der Waals surface area contributed by atoms with E-state index in [1.165, 1.54) is 6.07 Å². The van der Waals surface area contributed by atoms with Gasteiger partial charge in [0.1, 0.15) is 5.75 Å². The number of benzene rings is 1. The number of ether oxygens (including phenoxy) is 1. The minimum Gasteiger partial charge on any atom is -0.496 e. The SMILES string of the molecule is COc1ccc(CO)cc1Cn1ccccc1=O. The Labute approximate surface area is 105 Å². The lowest BCUT2D eigenvalue weighted by atomic mass is 10.1. The smallest absolute Gasteiger partial charge is 0.250 e. The fourth-order valence-corrected chi connectivity index (χ4v) is 1.83. The second-order valence-corrected chi connectivity index (χ2v) is 3.97. The van der Waals surface area contributed by atoms with Gasteiger partial charge in [0.25, 0.3) is 5.56 Å². The molecule has 0 saturated heterocycles. The quantitative estimate of drug-likeness (QED) is 0.885. The lowest BCUT2D eigenvalue weighted by molar-refractivity contribution is 0.281. The van der Waals surface area contributed by atoms with Gasteiger partial charge in [0, 0.05) is 17.8 Å². The van der Waals surface area contributed by atoms with E-state index < -0.39 is 0 Å². The normalized spacial score (nSPS) is 10.3. The van der Waals surface area contributed by atoms with Crippen molar-refractivity contribution < 1.29 is 9.84 Å². The molecule has 1 aromatic heterocycles. The van der Waals surface area contributed by atoms with Crippen molar-refractivity contribution in [2.75, 3.05) is 7.11 Å². The average molecular weight is 245 g/mol. The Morgan fingerprint density at radius 2 is 2.11 bits per heavy atom. The molecule has 94 valence electrons. The molecule has 0 aliphatic heterocycles. The lowest BCUT2D eigenvalue weighted by Gasteiger charge is -2.11. The van der Waals surface area contributed by atoms with Crippen LogP contribution in [0.5, 0.6) is 5.75 Å². The Balaban J connectivity index is 2.38. The van der Waals surface area contributed by atoms with Gasteiger partial charge in [-0.25, -0.2) is 0 Å². The number of aliphatic hydroxyl groups is 1. The predicted molar refractivity (Wildman–Crippen MR) is 68.7 cm³/mol. The van der Waals surface area contributed by atoms with E-state index in [0.29, 0.717) is 12.3 Å². The number of methoxy groups -OCH3 is 1. The molecule has 0 aliphatic carbocycles. The molecule has 0 radical (unpaired) electrons. The molecule has 0 saturated carbocycles. The summed E-state index contributed by atoms with van der Waals surface area (Å²) in [4.78, 5) is 11.7. The molecule has 4 nitrogen and oxygen atoms in total. The van der Waals surface area contributed by atoms with Crippen LogP contribution >= 0.6 is 0 Å². The largest absolute Gasteiger partial charge is 0.496 e. The Bertz CT molecular complexity index is 590. The highest BCUT2D eigenvalue weighted by Gasteiger charge is 2.05. The van der Waals surface area contributed by atoms with Gasteiger partial charge < -0.3 is 14.4 Å². The average Bonchev–Trinajstić information content (AvgIpc) is 2.41. The van der Waals surface area contributed by atoms with Crippen molar-refractivity contribution >= 4 is 0 Å². The number of hydrogen-bond donors (Lipinski definition) is 1. The third-order valence-electron chi connectivity index (χ3n) is 2.77. The van der Waals surface area contributed by atoms with Crippen LogP contribution in [0.3, 0.4) is 0 Å². The van der Waals surface area contributed by atoms with Crippen molar-refractivity contribution in [3.8, 4) is 5.75 Å². The second kappa shape index (κ2) is 5.51. The first-order valence-electron chi connectivity index (χ1n) is 5.66. The number of aromatic nitrogens is 1. The highest BCUT2D eigenvalue weighted by atomic mass is 16.5. The zero-order valence-corrected chi connectivity index (χ0v) is 10.2. The maximum absolute atomic E-state index is 11.7. The summed E-state index contributed by atoms with van der Waals surface area (Å²) in [6.07, 6.45) is 1.73. The summed E-state index contributed by atoms with van der Waals surface area (Å²) in [5.74, 6) is 0.711. The van der Waals surface area contributed by atoms with E-state index in [9.17, 15) is 4.79 Å². The summed E-state index contributed by atoms with van der Waals surface area (Å²) in [6, 6.07) is 10.5. The molecular weight excluding hydrogens is 230 g/mol. The first kappa shape index (κ1) is 12.4. The van der Waals surface area contributed by atoms with Crippen LogP contribution in [-0.2, 0) is 13.2 Å². The molecule has 4 heteroatoms. The van der Waals surface area contributed by atoms with E-state index in [4.69, 9.17) is 9.84 Å². The van der Waals surface area contributed by atoms with Crippen molar-refractivity contribution in [1.29, 1.82) is 0 Å². The third-order valence-corrected chi connectivity index (χ3v) is 2.77. The number of nitrogens with zero attached hydrogens (tertiary/aromatic N) is 1. The molecule has 2 aromatic rings. The summed E-state index contributed by atoms with van der Waals surface area (Å²) < 4.78 is 6.86. The van der Waals surface area contributed by atoms with Crippen LogP contribution in [0.4, 0.5) is 0 Å². The van der Waals surface area contributed by atoms with Crippen molar-refractivity contribution in [3.05, 3.63) is 64.1 Å². The zero-order chi connectivity index (χ0) is 13.0. The van der Waals surface area contributed by atoms with Crippen LogP contribution in [0.1, 0.15) is 11.1 Å². The van der Waals surface area contributed by atoms with Gasteiger partial charge in [-0.1, -0.05) is 12.1 Å². The number of rotatable bonds is 4. The standard InChI is InChI=1S/C14H15NO3/c1-18-13-6-5-11(10-16)8-12(13)9-15-7-3-2-4-14(15)17/h2-8,16H,9-10H2,1H3. The Morgan fingerprint density at radius 3 is 2.78 bits per heavy atom. The van der Waals surface area contributed by atoms with E-state index in [1.807, 2.05) is 12.1 Å². The van der Waals surface area contributed by atoms with Crippen molar-refractivity contribution in [2.24, 2.45) is 0 Å². The van der Waals surface area contributed by atoms with Crippen LogP contribution in [0.2, 0.25) is 0 Å². The van der Waals surface area contributed by atoms with Crippen LogP contribution in [0.25, 0.3) is 0 Å². The van der Waals surface area contributed by atoms with Gasteiger partial charge in [-0.3, -0.25) is 4.79 Å². The van der Waals surface area contributed by atoms with Gasteiger partial charge in [-0.2, -0.15) is 0 Å². The van der Waals surface area contributed by atoms with Gasteiger partial charge in [-0.05, 0) is 23.8 Å². The van der Waals surface area contributed by atoms with Gasteiger partial charge in [0.2, 0.25) is 0 Å². The highest BCUT2D eigenvalue weighted by molar-refractivity contribution is 5.37. The van der Waals surface area contributed by atoms with Crippen LogP contribution in [-0.4, -0.2) is 16.8 Å². The van der Waals surface area contributed by atoms with Gasteiger partial charge in [0.05, 0.1) is 20.3 Å². The van der Waals surface area contributed by atoms with Crippen molar-refractivity contribution in [2.45, 2.75) is 13.2 Å². The predicted octanol–water partition coefficient (Wildman–Crippen LogP) is 1.40. The Kier molecular flexibility index (Phi) is 3.79. The number of hydrogen-bond acceptors (Lipinski definition) is 3. The number of aliphatic hydroxyl groups excluding tert-OH is 1. The van der Waals surface area contributed by atoms with Crippen LogP contribution < -0.4 is 10.3 Å². The number of pyridine rings is 1. The molecule has 1 heterocycles. The maximum Gasteiger partial charge on any atom is 0.250 e. The summed E-state index contributed by atoms with van der Waals surface area (Å²) in [7, 11) is 1.59. The minimum atomic E-state index is -0.0612. The molecule has 0 unspecified atom stereocenters. The fraction of sp³-hybridized carbons (Fsp3) is 0.214. The molecule has 1 aromatic carbocycles. The molecule has 0 aliphatic rings. The van der Waals surface area contributed by atoms with Crippen molar-refractivity contribution in [3.63, 3.8) is 0 Å². The summed E-state index contributed by atoms with van der Waals surface area (Å²) in [5, 5.41) is 9.14. The van der Waals surface area contributed by atoms with E-state index in [2.05, 4.69) is 0 Å². The maximum atomic E-state index is 11.7. The van der Waals surface area contributed by atoms with Crippen LogP contribution in [0.15, 0.2) is 47.4 Å². The van der Waals surface area contributed by atoms with Crippen LogP contribution in [0, 0.1) is 0 Å². The van der Waals surface area contributed by atoms with Gasteiger partial charge in [-0.15, -0.1) is 0 Å². The third kappa shape index (κ3) is 2.60. The first-order valence-corrected chi connectivity index (χ1v) is 5.66. The second-order valence-electron chi connectivity index (χ2n) is 3.97. The Hall–Kier alpha value is -2.07. The topological polar surface area (TPSA) is 51.5 Å². The molecule has 0 fully saturated rings. The van der Waals surface area contributed by atoms with E-state index in [1.54, 1.807) is 36.1 Å². The molecular formula is C14H15NO3. The minimum absolute atomic E-state index is 0.0271. The molecule has 0 bridgehead atoms. The highest BCUT2D eigenvalue weighted by Crippen LogP contribution is 2.20. The summed E-state index contributed by atoms with van der Waals surface area (Å²) in [6.45, 7) is 0.400. The molecule has 0 spiro atoms. The van der Waals surface area contributed by atoms with E-state index in [0.717, 1.165) is 11.1 Å². The molecule has 0 amide bonds. The fourth-order valence-electron chi connectivity index (χ4n) is 1.83. The zero-order valence-electron chi connectivity index (χ0n) is 10.2. The first-order chi connectivity index (χ1) is 8.74. The Morgan fingerprint density at radius 1 is 1.28 bits per heavy atom. The van der Waals surface area contributed by atoms with E-state index in [-0.39, 0.29) is 12.2 Å². The van der Waals surface area contributed by atoms with Gasteiger partial charge >= 0.3 is 0 Å². The molecule has 18 heavy (non-hydrogen) atoms. The van der Waals surface area contributed by atoms with E-state index >= 15 is 0 Å². The molecule has 2 rings (SSSR count). The molecule has 0 atom stereocenters. The lowest BCUT2D eigenvalue weighted by Crippen LogP contribution is -2.18. The summed E-state index contributed by atoms with van der Waals surface area (Å²) in [5.41, 5.74) is 1.61. The van der Waals surface area contributed by atoms with Crippen molar-refractivity contribution in [1.82, 2.24) is 4.57 Å². The van der Waals surface area contributed by atoms with Gasteiger partial charge in [0.15, 0.2) is 0 Å². The summed E-state index contributed by atoms with van der Waals surface area (Å²) >= 11 is 0. The monoisotopic (exact) mass is 245 g/mol.